The van der Waals surface area contributed by atoms with E-state index in [4.69, 9.17) is 4.74 Å². The Bertz CT molecular complexity index is 1630. The maximum Gasteiger partial charge on any atom is 0.315 e. The number of ketones is 1. The first-order chi connectivity index (χ1) is 23.6. The van der Waals surface area contributed by atoms with Gasteiger partial charge in [-0.1, -0.05) is 96.5 Å². The first kappa shape index (κ1) is 35.9. The van der Waals surface area contributed by atoms with E-state index >= 15 is 0 Å². The van der Waals surface area contributed by atoms with Gasteiger partial charge in [0, 0.05) is 11.8 Å². The van der Waals surface area contributed by atoms with Gasteiger partial charge in [0.25, 0.3) is 0 Å². The van der Waals surface area contributed by atoms with Crippen LogP contribution < -0.4 is 0 Å². The smallest absolute Gasteiger partial charge is 0.315 e. The third-order valence-corrected chi connectivity index (χ3v) is 16.3. The molecule has 0 heterocycles. The van der Waals surface area contributed by atoms with Crippen LogP contribution in [0.3, 0.4) is 0 Å². The highest BCUT2D eigenvalue weighted by Crippen LogP contribution is 2.76. The van der Waals surface area contributed by atoms with Gasteiger partial charge < -0.3 is 9.84 Å². The van der Waals surface area contributed by atoms with Gasteiger partial charge in [-0.25, -0.2) is 4.39 Å². The molecule has 0 spiro atoms. The predicted octanol–water partition coefficient (Wildman–Crippen LogP) is 10.3. The quantitative estimate of drug-likeness (QED) is 0.291. The normalized spacial score (nSPS) is 40.7. The molecule has 0 aromatic heterocycles. The Balaban J connectivity index is 1.15. The van der Waals surface area contributed by atoms with Crippen molar-refractivity contribution >= 4 is 11.8 Å². The van der Waals surface area contributed by atoms with Gasteiger partial charge in [0.2, 0.25) is 0 Å². The van der Waals surface area contributed by atoms with E-state index in [0.717, 1.165) is 36.8 Å². The maximum absolute atomic E-state index is 14.7. The molecule has 0 bridgehead atoms. The van der Waals surface area contributed by atoms with Crippen LogP contribution in [0.25, 0.3) is 0 Å². The number of aliphatic hydroxyl groups excluding tert-OH is 1. The van der Waals surface area contributed by atoms with Crippen LogP contribution in [0.1, 0.15) is 125 Å². The molecule has 7 rings (SSSR count). The predicted molar refractivity (Wildman–Crippen MR) is 197 cm³/mol. The molecule has 1 aromatic carbocycles. The van der Waals surface area contributed by atoms with Crippen molar-refractivity contribution in [2.45, 2.75) is 126 Å². The van der Waals surface area contributed by atoms with Crippen molar-refractivity contribution < 1.29 is 23.8 Å². The lowest BCUT2D eigenvalue weighted by atomic mass is 9.33. The lowest BCUT2D eigenvalue weighted by Crippen LogP contribution is -2.64. The van der Waals surface area contributed by atoms with Crippen molar-refractivity contribution in [3.63, 3.8) is 0 Å². The Morgan fingerprint density at radius 2 is 1.66 bits per heavy atom. The molecule has 5 heteroatoms. The molecule has 6 aliphatic rings. The monoisotopic (exact) mass is 684 g/mol. The molecule has 1 aromatic rings. The standard InChI is InChI=1S/C45H61FO4/c1-29(2)37-34(48)25-45(28-47)24-23-42(6)33(38(37)45)13-14-36-41(5)19-17-32(40(3,4)35(41)18-20-43(36,42)7)31-15-21-44(27-46,22-16-31)39(49)50-26-30-11-9-8-10-12-30/h8-12,15,17,29,33,35-36,47H,13-14,16,18-28H2,1-7H3/t33-,35+,36-,41+,42-,43-,44+,45+/m1/s1. The SMILES string of the molecule is CC(C)C1=C2[C@H]3CC[C@@H]4[C@@]5(C)CC=C(C6=CC[C@](CF)(C(=O)OCc7ccccc7)CC6)C(C)(C)[C@@H]5CC[C@@]4(C)[C@]3(C)CC[C@@]2(CO)CC1=O. The van der Waals surface area contributed by atoms with Crippen molar-refractivity contribution in [3.05, 3.63) is 70.3 Å². The molecule has 0 amide bonds. The number of carbonyl (C=O) groups is 2. The second-order valence-electron chi connectivity index (χ2n) is 19.1. The number of allylic oxidation sites excluding steroid dienone is 5. The highest BCUT2D eigenvalue weighted by atomic mass is 19.1. The van der Waals surface area contributed by atoms with Gasteiger partial charge in [0.1, 0.15) is 13.3 Å². The van der Waals surface area contributed by atoms with E-state index in [1.807, 2.05) is 30.3 Å². The van der Waals surface area contributed by atoms with Crippen LogP contribution in [-0.2, 0) is 20.9 Å². The van der Waals surface area contributed by atoms with E-state index < -0.39 is 18.1 Å². The number of hydrogen-bond acceptors (Lipinski definition) is 4. The number of ether oxygens (including phenoxy) is 1. The van der Waals surface area contributed by atoms with Crippen LogP contribution >= 0.6 is 0 Å². The van der Waals surface area contributed by atoms with Crippen LogP contribution in [-0.4, -0.2) is 30.1 Å². The maximum atomic E-state index is 14.7. The largest absolute Gasteiger partial charge is 0.460 e. The van der Waals surface area contributed by atoms with Crippen molar-refractivity contribution in [1.82, 2.24) is 0 Å². The molecular weight excluding hydrogens is 623 g/mol. The summed E-state index contributed by atoms with van der Waals surface area (Å²) in [4.78, 5) is 26.8. The zero-order chi connectivity index (χ0) is 35.9. The van der Waals surface area contributed by atoms with Crippen molar-refractivity contribution in [2.24, 2.45) is 56.2 Å². The first-order valence-electron chi connectivity index (χ1n) is 19.7. The molecule has 1 N–H and O–H groups in total. The number of halogens is 1. The average Bonchev–Trinajstić information content (AvgIpc) is 3.40. The second-order valence-corrected chi connectivity index (χ2v) is 19.1. The van der Waals surface area contributed by atoms with E-state index in [9.17, 15) is 19.1 Å². The number of aliphatic hydroxyl groups is 1. The number of rotatable bonds is 7. The van der Waals surface area contributed by atoms with Crippen LogP contribution in [0.5, 0.6) is 0 Å². The number of Topliss-reactive ketones (excluding diaryl/α,β-unsaturated/α-hetero) is 1. The lowest BCUT2D eigenvalue weighted by molar-refractivity contribution is -0.199. The van der Waals surface area contributed by atoms with Gasteiger partial charge >= 0.3 is 5.97 Å². The summed E-state index contributed by atoms with van der Waals surface area (Å²) in [6, 6.07) is 9.62. The van der Waals surface area contributed by atoms with Crippen molar-refractivity contribution in [2.75, 3.05) is 13.3 Å². The first-order valence-corrected chi connectivity index (χ1v) is 19.7. The summed E-state index contributed by atoms with van der Waals surface area (Å²) in [5.41, 5.74) is 4.93. The van der Waals surface area contributed by atoms with Gasteiger partial charge in [0.05, 0.1) is 12.0 Å². The van der Waals surface area contributed by atoms with Crippen molar-refractivity contribution in [3.8, 4) is 0 Å². The van der Waals surface area contributed by atoms with Gasteiger partial charge in [-0.15, -0.1) is 0 Å². The molecular formula is C45H61FO4. The molecule has 4 nitrogen and oxygen atoms in total. The van der Waals surface area contributed by atoms with Crippen LogP contribution in [0, 0.1) is 56.2 Å². The van der Waals surface area contributed by atoms with E-state index in [2.05, 4.69) is 60.6 Å². The summed E-state index contributed by atoms with van der Waals surface area (Å²) in [5, 5.41) is 10.8. The number of esters is 1. The minimum Gasteiger partial charge on any atom is -0.460 e. The van der Waals surface area contributed by atoms with E-state index in [1.54, 1.807) is 0 Å². The number of hydrogen-bond donors (Lipinski definition) is 1. The number of fused-ring (bicyclic) bond motifs is 7. The Morgan fingerprint density at radius 1 is 0.920 bits per heavy atom. The molecule has 6 aliphatic carbocycles. The molecule has 3 fully saturated rings. The van der Waals surface area contributed by atoms with Crippen LogP contribution in [0.4, 0.5) is 4.39 Å². The molecule has 0 radical (unpaired) electrons. The average molecular weight is 685 g/mol. The van der Waals surface area contributed by atoms with Crippen LogP contribution in [0.2, 0.25) is 0 Å². The Morgan fingerprint density at radius 3 is 2.30 bits per heavy atom. The molecule has 8 atom stereocenters. The fourth-order valence-electron chi connectivity index (χ4n) is 13.5. The van der Waals surface area contributed by atoms with E-state index in [0.29, 0.717) is 43.4 Å². The Hall–Kier alpha value is -2.53. The second kappa shape index (κ2) is 12.3. The lowest BCUT2D eigenvalue weighted by Gasteiger charge is -2.71. The molecule has 0 saturated heterocycles. The summed E-state index contributed by atoms with van der Waals surface area (Å²) < 4.78 is 20.3. The van der Waals surface area contributed by atoms with Gasteiger partial charge in [-0.05, 0) is 132 Å². The number of carbonyl (C=O) groups excluding carboxylic acids is 2. The number of benzene rings is 1. The zero-order valence-electron chi connectivity index (χ0n) is 31.8. The fourth-order valence-corrected chi connectivity index (χ4v) is 13.5. The summed E-state index contributed by atoms with van der Waals surface area (Å²) >= 11 is 0. The third-order valence-electron chi connectivity index (χ3n) is 16.3. The zero-order valence-corrected chi connectivity index (χ0v) is 31.8. The number of alkyl halides is 1. The highest BCUT2D eigenvalue weighted by Gasteiger charge is 2.69. The molecule has 0 aliphatic heterocycles. The highest BCUT2D eigenvalue weighted by molar-refractivity contribution is 6.00. The molecule has 3 saturated carbocycles. The Labute approximate surface area is 300 Å². The minimum absolute atomic E-state index is 0.0364. The minimum atomic E-state index is -1.10. The van der Waals surface area contributed by atoms with Gasteiger partial charge in [0.15, 0.2) is 5.78 Å². The summed E-state index contributed by atoms with van der Waals surface area (Å²) in [5.74, 6) is 1.52. The third kappa shape index (κ3) is 4.97. The van der Waals surface area contributed by atoms with E-state index in [1.165, 1.54) is 36.0 Å². The van der Waals surface area contributed by atoms with E-state index in [-0.39, 0.29) is 52.0 Å². The van der Waals surface area contributed by atoms with Gasteiger partial charge in [-0.3, -0.25) is 9.59 Å². The Kier molecular flexibility index (Phi) is 8.80. The summed E-state index contributed by atoms with van der Waals surface area (Å²) in [6.07, 6.45) is 14.4. The molecule has 272 valence electrons. The summed E-state index contributed by atoms with van der Waals surface area (Å²) in [6.45, 7) is 16.6. The summed E-state index contributed by atoms with van der Waals surface area (Å²) in [7, 11) is 0. The molecule has 50 heavy (non-hydrogen) atoms. The van der Waals surface area contributed by atoms with Gasteiger partial charge in [-0.2, -0.15) is 0 Å². The molecule has 0 unspecified atom stereocenters. The topological polar surface area (TPSA) is 63.6 Å². The van der Waals surface area contributed by atoms with Crippen molar-refractivity contribution in [1.29, 1.82) is 0 Å². The van der Waals surface area contributed by atoms with Crippen LogP contribution in [0.15, 0.2) is 64.8 Å². The fraction of sp³-hybridized carbons (Fsp3) is 0.689.